The second kappa shape index (κ2) is 9.51. The van der Waals surface area contributed by atoms with E-state index in [1.165, 1.54) is 12.1 Å². The number of alkyl halides is 3. The second-order valence-corrected chi connectivity index (χ2v) is 6.46. The molecule has 0 unspecified atom stereocenters. The number of halogens is 3. The Hall–Kier alpha value is -2.66. The van der Waals surface area contributed by atoms with Crippen molar-refractivity contribution >= 4 is 17.4 Å². The smallest absolute Gasteiger partial charge is 0.310 e. The maximum absolute atomic E-state index is 12.8. The van der Waals surface area contributed by atoms with E-state index in [2.05, 4.69) is 11.9 Å². The van der Waals surface area contributed by atoms with Crippen molar-refractivity contribution in [2.75, 3.05) is 6.54 Å². The zero-order valence-electron chi connectivity index (χ0n) is 16.0. The van der Waals surface area contributed by atoms with Gasteiger partial charge >= 0.3 is 6.18 Å². The summed E-state index contributed by atoms with van der Waals surface area (Å²) in [5.74, 6) is -0.326. The highest BCUT2D eigenvalue weighted by Gasteiger charge is 2.30. The fraction of sp³-hybridized carbons (Fsp3) is 0.261. The molecule has 0 amide bonds. The highest BCUT2D eigenvalue weighted by atomic mass is 19.4. The average molecular weight is 387 g/mol. The number of hydrogen-bond acceptors (Lipinski definition) is 2. The van der Waals surface area contributed by atoms with Gasteiger partial charge in [-0.25, -0.2) is 0 Å². The predicted octanol–water partition coefficient (Wildman–Crippen LogP) is 4.09. The first-order valence-electron chi connectivity index (χ1n) is 9.09. The number of ketones is 1. The lowest BCUT2D eigenvalue weighted by atomic mass is 10.0. The third kappa shape index (κ3) is 5.42. The molecule has 0 spiro atoms. The van der Waals surface area contributed by atoms with Gasteiger partial charge in [0.05, 0.1) is 5.56 Å². The lowest BCUT2D eigenvalue weighted by Gasteiger charge is -2.15. The van der Waals surface area contributed by atoms with Crippen molar-refractivity contribution in [3.05, 3.63) is 82.8 Å². The first-order chi connectivity index (χ1) is 13.3. The molecule has 2 rings (SSSR count). The molecule has 0 fully saturated rings. The van der Waals surface area contributed by atoms with Crippen LogP contribution in [-0.4, -0.2) is 18.4 Å². The van der Waals surface area contributed by atoms with Crippen molar-refractivity contribution in [3.63, 3.8) is 0 Å². The molecule has 2 aromatic carbocycles. The van der Waals surface area contributed by atoms with Crippen molar-refractivity contribution in [1.82, 2.24) is 5.32 Å². The largest absolute Gasteiger partial charge is 0.416 e. The van der Waals surface area contributed by atoms with Gasteiger partial charge in [0.25, 0.3) is 0 Å². The van der Waals surface area contributed by atoms with Gasteiger partial charge in [-0.3, -0.25) is 4.79 Å². The monoisotopic (exact) mass is 387 g/mol. The van der Waals surface area contributed by atoms with Gasteiger partial charge in [0.2, 0.25) is 0 Å². The van der Waals surface area contributed by atoms with Crippen LogP contribution < -0.4 is 15.8 Å². The maximum atomic E-state index is 12.8. The highest BCUT2D eigenvalue weighted by Crippen LogP contribution is 2.29. The fourth-order valence-electron chi connectivity index (χ4n) is 3.06. The first-order valence-corrected chi connectivity index (χ1v) is 9.09. The number of carbonyl (C=O) groups is 1. The number of nitrogens with one attached hydrogen (secondary N) is 1. The van der Waals surface area contributed by atoms with Gasteiger partial charge in [0, 0.05) is 24.6 Å². The highest BCUT2D eigenvalue weighted by molar-refractivity contribution is 5.96. The molecule has 0 heterocycles. The third-order valence-electron chi connectivity index (χ3n) is 4.58. The molecule has 0 bridgehead atoms. The van der Waals surface area contributed by atoms with Crippen LogP contribution in [0.1, 0.15) is 36.2 Å². The van der Waals surface area contributed by atoms with Gasteiger partial charge in [-0.15, -0.1) is 0 Å². The Balaban J connectivity index is 2.08. The summed E-state index contributed by atoms with van der Waals surface area (Å²) in [6.45, 7) is 8.18. The molecule has 28 heavy (non-hydrogen) atoms. The van der Waals surface area contributed by atoms with Gasteiger partial charge in [-0.1, -0.05) is 55.1 Å². The van der Waals surface area contributed by atoms with Crippen molar-refractivity contribution in [2.45, 2.75) is 32.5 Å². The first kappa shape index (κ1) is 21.6. The van der Waals surface area contributed by atoms with Crippen molar-refractivity contribution in [1.29, 1.82) is 0 Å². The molecule has 0 radical (unpaired) electrons. The molecule has 0 aliphatic carbocycles. The topological polar surface area (TPSA) is 29.1 Å². The molecule has 0 aliphatic rings. The van der Waals surface area contributed by atoms with Crippen LogP contribution in [0.3, 0.4) is 0 Å². The Morgan fingerprint density at radius 2 is 1.89 bits per heavy atom. The van der Waals surface area contributed by atoms with Gasteiger partial charge in [-0.2, -0.15) is 13.2 Å². The van der Waals surface area contributed by atoms with E-state index < -0.39 is 11.7 Å². The molecular formula is C23H24F3NO. The van der Waals surface area contributed by atoms with Crippen LogP contribution in [0.4, 0.5) is 13.2 Å². The number of carbonyl (C=O) groups excluding carboxylic acids is 1. The lowest BCUT2D eigenvalue weighted by molar-refractivity contribution is -0.137. The molecule has 2 nitrogen and oxygen atoms in total. The van der Waals surface area contributed by atoms with Crippen LogP contribution in [0.2, 0.25) is 0 Å². The molecule has 2 aromatic rings. The summed E-state index contributed by atoms with van der Waals surface area (Å²) in [5.41, 5.74) is 0.262. The molecule has 5 heteroatoms. The Bertz CT molecular complexity index is 960. The standard InChI is InChI=1S/C23H24F3NO/c1-4-17-9-6-7-12-21(17)20(5-2)16(3)27-14-13-22(28)18-10-8-11-19(15-18)23(24,25)26/h4-12,15-16,27H,2,13-14H2,1,3H3/b17-4-,21-20+/t16-/m1/s1. The Kier molecular flexibility index (Phi) is 7.35. The summed E-state index contributed by atoms with van der Waals surface area (Å²) in [7, 11) is 0. The van der Waals surface area contributed by atoms with Crippen LogP contribution in [0.15, 0.2) is 61.2 Å². The van der Waals surface area contributed by atoms with E-state index in [-0.39, 0.29) is 23.8 Å². The van der Waals surface area contributed by atoms with Crippen molar-refractivity contribution in [2.24, 2.45) is 0 Å². The molecule has 0 saturated carbocycles. The molecule has 148 valence electrons. The molecule has 0 aliphatic heterocycles. The van der Waals surface area contributed by atoms with Crippen LogP contribution in [0.5, 0.6) is 0 Å². The molecule has 0 saturated heterocycles. The van der Waals surface area contributed by atoms with Crippen LogP contribution in [0.25, 0.3) is 11.6 Å². The quantitative estimate of drug-likeness (QED) is 0.725. The molecular weight excluding hydrogens is 363 g/mol. The van der Waals surface area contributed by atoms with Crippen LogP contribution >= 0.6 is 0 Å². The molecule has 1 N–H and O–H groups in total. The van der Waals surface area contributed by atoms with Gasteiger partial charge in [0.1, 0.15) is 0 Å². The number of benzene rings is 2. The minimum Gasteiger partial charge on any atom is -0.310 e. The average Bonchev–Trinajstić information content (AvgIpc) is 2.68. The Labute approximate surface area is 163 Å². The second-order valence-electron chi connectivity index (χ2n) is 6.46. The van der Waals surface area contributed by atoms with Gasteiger partial charge < -0.3 is 5.32 Å². The van der Waals surface area contributed by atoms with E-state index in [0.29, 0.717) is 6.54 Å². The number of Topliss-reactive ketones (excluding diaryl/α,β-unsaturated/α-hetero) is 1. The van der Waals surface area contributed by atoms with Gasteiger partial charge in [0.15, 0.2) is 5.78 Å². The van der Waals surface area contributed by atoms with Crippen LogP contribution in [-0.2, 0) is 6.18 Å². The minimum atomic E-state index is -4.46. The normalized spacial score (nSPS) is 14.5. The summed E-state index contributed by atoms with van der Waals surface area (Å²) in [5, 5.41) is 5.41. The summed E-state index contributed by atoms with van der Waals surface area (Å²) in [6, 6.07) is 12.4. The summed E-state index contributed by atoms with van der Waals surface area (Å²) in [4.78, 5) is 12.3. The van der Waals surface area contributed by atoms with E-state index in [1.54, 1.807) is 6.08 Å². The summed E-state index contributed by atoms with van der Waals surface area (Å²) < 4.78 is 38.4. The third-order valence-corrected chi connectivity index (χ3v) is 4.58. The number of rotatable bonds is 7. The SMILES string of the molecule is C=C/C(=c1/cccc/c1=C/C)[C@@H](C)NCCC(=O)c1cccc(C(F)(F)F)c1. The summed E-state index contributed by atoms with van der Waals surface area (Å²) in [6.07, 6.45) is -0.546. The Morgan fingerprint density at radius 1 is 1.18 bits per heavy atom. The van der Waals surface area contributed by atoms with E-state index in [1.807, 2.05) is 44.2 Å². The van der Waals surface area contributed by atoms with Crippen LogP contribution in [0, 0.1) is 0 Å². The van der Waals surface area contributed by atoms with E-state index >= 15 is 0 Å². The predicted molar refractivity (Wildman–Crippen MR) is 107 cm³/mol. The number of hydrogen-bond donors (Lipinski definition) is 1. The zero-order chi connectivity index (χ0) is 20.7. The van der Waals surface area contributed by atoms with E-state index in [9.17, 15) is 18.0 Å². The lowest BCUT2D eigenvalue weighted by Crippen LogP contribution is -2.36. The molecule has 1 atom stereocenters. The Morgan fingerprint density at radius 3 is 2.54 bits per heavy atom. The van der Waals surface area contributed by atoms with Gasteiger partial charge in [-0.05, 0) is 42.0 Å². The zero-order valence-corrected chi connectivity index (χ0v) is 16.0. The van der Waals surface area contributed by atoms with Crippen molar-refractivity contribution in [3.8, 4) is 0 Å². The van der Waals surface area contributed by atoms with E-state index in [4.69, 9.17) is 0 Å². The summed E-state index contributed by atoms with van der Waals surface area (Å²) >= 11 is 0. The van der Waals surface area contributed by atoms with Crippen molar-refractivity contribution < 1.29 is 18.0 Å². The fourth-order valence-corrected chi connectivity index (χ4v) is 3.06. The molecule has 0 aromatic heterocycles. The minimum absolute atomic E-state index is 0.0621. The van der Waals surface area contributed by atoms with E-state index in [0.717, 1.165) is 28.1 Å². The maximum Gasteiger partial charge on any atom is 0.416 e.